The van der Waals surface area contributed by atoms with Gasteiger partial charge in [0.2, 0.25) is 0 Å². The van der Waals surface area contributed by atoms with Crippen molar-refractivity contribution in [1.82, 2.24) is 0 Å². The van der Waals surface area contributed by atoms with Crippen LogP contribution in [0.2, 0.25) is 0 Å². The van der Waals surface area contributed by atoms with Gasteiger partial charge in [-0.2, -0.15) is 0 Å². The monoisotopic (exact) mass is 168 g/mol. The van der Waals surface area contributed by atoms with E-state index in [0.717, 1.165) is 0 Å². The highest BCUT2D eigenvalue weighted by atomic mass is 16.4. The van der Waals surface area contributed by atoms with Crippen LogP contribution in [-0.4, -0.2) is 16.9 Å². The molecule has 0 unspecified atom stereocenters. The van der Waals surface area contributed by atoms with E-state index in [9.17, 15) is 9.59 Å². The minimum absolute atomic E-state index is 0.0215. The van der Waals surface area contributed by atoms with E-state index in [-0.39, 0.29) is 11.7 Å². The molecular weight excluding hydrogens is 156 g/mol. The molecule has 0 saturated heterocycles. The van der Waals surface area contributed by atoms with Crippen LogP contribution in [0, 0.1) is 11.8 Å². The lowest BCUT2D eigenvalue weighted by atomic mass is 9.81. The molecule has 12 heavy (non-hydrogen) atoms. The van der Waals surface area contributed by atoms with E-state index in [1.165, 1.54) is 6.92 Å². The summed E-state index contributed by atoms with van der Waals surface area (Å²) in [5.74, 6) is -1.70. The van der Waals surface area contributed by atoms with Crippen molar-refractivity contribution in [2.75, 3.05) is 0 Å². The summed E-state index contributed by atoms with van der Waals surface area (Å²) in [6, 6.07) is 0. The second-order valence-electron chi connectivity index (χ2n) is 3.10. The van der Waals surface area contributed by atoms with Gasteiger partial charge in [0, 0.05) is 5.92 Å². The third kappa shape index (κ3) is 1.72. The quantitative estimate of drug-likeness (QED) is 0.631. The van der Waals surface area contributed by atoms with Gasteiger partial charge in [0.15, 0.2) is 0 Å². The molecule has 0 spiro atoms. The first kappa shape index (κ1) is 8.97. The van der Waals surface area contributed by atoms with Crippen LogP contribution in [0.4, 0.5) is 0 Å². The number of Topliss-reactive ketones (excluding diaryl/α,β-unsaturated/α-hetero) is 1. The van der Waals surface area contributed by atoms with Gasteiger partial charge in [-0.15, -0.1) is 0 Å². The maximum atomic E-state index is 11.0. The fraction of sp³-hybridized carbons (Fsp3) is 0.556. The predicted octanol–water partition coefficient (Wildman–Crippen LogP) is 1.24. The summed E-state index contributed by atoms with van der Waals surface area (Å²) in [5, 5.41) is 8.77. The lowest BCUT2D eigenvalue weighted by Gasteiger charge is -2.22. The first-order valence-electron chi connectivity index (χ1n) is 4.01. The average molecular weight is 168 g/mol. The smallest absolute Gasteiger partial charge is 0.307 e. The summed E-state index contributed by atoms with van der Waals surface area (Å²) in [5.41, 5.74) is 0. The standard InChI is InChI=1S/C9H12O3/c1-6(10)7-4-2-3-5-8(7)9(11)12/h2-3,7-8H,4-5H2,1H3,(H,11,12)/t7-,8-/m1/s1. The van der Waals surface area contributed by atoms with Crippen LogP contribution < -0.4 is 0 Å². The minimum Gasteiger partial charge on any atom is -0.481 e. The number of carboxylic acid groups (broad SMARTS) is 1. The molecule has 3 heteroatoms. The second kappa shape index (κ2) is 3.52. The number of hydrogen-bond acceptors (Lipinski definition) is 2. The van der Waals surface area contributed by atoms with Crippen LogP contribution in [0.25, 0.3) is 0 Å². The fourth-order valence-electron chi connectivity index (χ4n) is 1.54. The van der Waals surface area contributed by atoms with Gasteiger partial charge in [0.25, 0.3) is 0 Å². The average Bonchev–Trinajstić information content (AvgIpc) is 2.04. The fourth-order valence-corrected chi connectivity index (χ4v) is 1.54. The molecule has 0 aromatic rings. The summed E-state index contributed by atoms with van der Waals surface area (Å²) in [7, 11) is 0. The van der Waals surface area contributed by atoms with E-state index in [0.29, 0.717) is 12.8 Å². The van der Waals surface area contributed by atoms with Gasteiger partial charge in [-0.25, -0.2) is 0 Å². The third-order valence-electron chi connectivity index (χ3n) is 2.27. The molecular formula is C9H12O3. The number of aliphatic carboxylic acids is 1. The number of carbonyl (C=O) groups is 2. The second-order valence-corrected chi connectivity index (χ2v) is 3.10. The van der Waals surface area contributed by atoms with Crippen molar-refractivity contribution in [2.45, 2.75) is 19.8 Å². The Bertz CT molecular complexity index is 206. The van der Waals surface area contributed by atoms with Crippen LogP contribution in [0.15, 0.2) is 12.2 Å². The number of ketones is 1. The van der Waals surface area contributed by atoms with Gasteiger partial charge < -0.3 is 5.11 Å². The van der Waals surface area contributed by atoms with Crippen molar-refractivity contribution in [3.8, 4) is 0 Å². The van der Waals surface area contributed by atoms with E-state index in [2.05, 4.69) is 0 Å². The van der Waals surface area contributed by atoms with E-state index < -0.39 is 11.9 Å². The van der Waals surface area contributed by atoms with Gasteiger partial charge in [-0.3, -0.25) is 9.59 Å². The van der Waals surface area contributed by atoms with Gasteiger partial charge >= 0.3 is 5.97 Å². The topological polar surface area (TPSA) is 54.4 Å². The number of rotatable bonds is 2. The molecule has 3 nitrogen and oxygen atoms in total. The molecule has 0 fully saturated rings. The number of hydrogen-bond donors (Lipinski definition) is 1. The zero-order valence-electron chi connectivity index (χ0n) is 6.99. The molecule has 0 aliphatic heterocycles. The maximum Gasteiger partial charge on any atom is 0.307 e. The minimum atomic E-state index is -0.862. The van der Waals surface area contributed by atoms with Gasteiger partial charge in [-0.1, -0.05) is 12.2 Å². The Balaban J connectivity index is 2.76. The van der Waals surface area contributed by atoms with E-state index in [1.807, 2.05) is 12.2 Å². The van der Waals surface area contributed by atoms with Gasteiger partial charge in [-0.05, 0) is 19.8 Å². The highest BCUT2D eigenvalue weighted by Gasteiger charge is 2.31. The molecule has 0 radical (unpaired) electrons. The van der Waals surface area contributed by atoms with Crippen molar-refractivity contribution in [1.29, 1.82) is 0 Å². The Morgan fingerprint density at radius 1 is 1.25 bits per heavy atom. The van der Waals surface area contributed by atoms with Crippen molar-refractivity contribution >= 4 is 11.8 Å². The Morgan fingerprint density at radius 2 is 1.75 bits per heavy atom. The SMILES string of the molecule is CC(=O)[C@H]1CC=CC[C@H]1C(=O)O. The Morgan fingerprint density at radius 3 is 2.08 bits per heavy atom. The summed E-state index contributed by atoms with van der Waals surface area (Å²) < 4.78 is 0. The normalized spacial score (nSPS) is 28.4. The van der Waals surface area contributed by atoms with Gasteiger partial charge in [0.05, 0.1) is 5.92 Å². The number of allylic oxidation sites excluding steroid dienone is 2. The van der Waals surface area contributed by atoms with Crippen molar-refractivity contribution in [3.05, 3.63) is 12.2 Å². The molecule has 1 aliphatic carbocycles. The first-order valence-corrected chi connectivity index (χ1v) is 4.01. The molecule has 0 heterocycles. The Kier molecular flexibility index (Phi) is 2.63. The zero-order valence-corrected chi connectivity index (χ0v) is 6.99. The summed E-state index contributed by atoms with van der Waals surface area (Å²) in [6.07, 6.45) is 4.77. The maximum absolute atomic E-state index is 11.0. The highest BCUT2D eigenvalue weighted by Crippen LogP contribution is 2.26. The number of carbonyl (C=O) groups excluding carboxylic acids is 1. The highest BCUT2D eigenvalue weighted by molar-refractivity contribution is 5.85. The number of carboxylic acids is 1. The molecule has 0 aromatic carbocycles. The predicted molar refractivity (Wildman–Crippen MR) is 43.7 cm³/mol. The molecule has 1 rings (SSSR count). The molecule has 0 saturated carbocycles. The lowest BCUT2D eigenvalue weighted by molar-refractivity contribution is -0.146. The third-order valence-corrected chi connectivity index (χ3v) is 2.27. The van der Waals surface area contributed by atoms with Crippen molar-refractivity contribution < 1.29 is 14.7 Å². The molecule has 0 bridgehead atoms. The molecule has 1 N–H and O–H groups in total. The molecule has 0 aromatic heterocycles. The van der Waals surface area contributed by atoms with Crippen LogP contribution in [0.3, 0.4) is 0 Å². The summed E-state index contributed by atoms with van der Waals surface area (Å²) >= 11 is 0. The molecule has 2 atom stereocenters. The first-order chi connectivity index (χ1) is 5.63. The van der Waals surface area contributed by atoms with E-state index in [1.54, 1.807) is 0 Å². The molecule has 66 valence electrons. The Labute approximate surface area is 71.1 Å². The largest absolute Gasteiger partial charge is 0.481 e. The summed E-state index contributed by atoms with van der Waals surface area (Å²) in [6.45, 7) is 1.46. The molecule has 0 amide bonds. The molecule has 1 aliphatic rings. The lowest BCUT2D eigenvalue weighted by Crippen LogP contribution is -2.29. The van der Waals surface area contributed by atoms with Crippen molar-refractivity contribution in [3.63, 3.8) is 0 Å². The van der Waals surface area contributed by atoms with Crippen LogP contribution in [0.1, 0.15) is 19.8 Å². The van der Waals surface area contributed by atoms with E-state index >= 15 is 0 Å². The van der Waals surface area contributed by atoms with Crippen LogP contribution >= 0.6 is 0 Å². The van der Waals surface area contributed by atoms with E-state index in [4.69, 9.17) is 5.11 Å². The Hall–Kier alpha value is -1.12. The van der Waals surface area contributed by atoms with Crippen LogP contribution in [-0.2, 0) is 9.59 Å². The van der Waals surface area contributed by atoms with Crippen LogP contribution in [0.5, 0.6) is 0 Å². The van der Waals surface area contributed by atoms with Crippen molar-refractivity contribution in [2.24, 2.45) is 11.8 Å². The summed E-state index contributed by atoms with van der Waals surface area (Å²) in [4.78, 5) is 21.7. The zero-order chi connectivity index (χ0) is 9.14. The van der Waals surface area contributed by atoms with Gasteiger partial charge in [0.1, 0.15) is 5.78 Å².